The third kappa shape index (κ3) is 4.76. The molecule has 0 aromatic carbocycles. The van der Waals surface area contributed by atoms with E-state index in [1.54, 1.807) is 6.07 Å². The van der Waals surface area contributed by atoms with Crippen molar-refractivity contribution in [2.75, 3.05) is 46.3 Å². The molecule has 0 N–H and O–H groups in total. The number of piperidine rings is 1. The molecular formula is C20H33N5O2. The van der Waals surface area contributed by atoms with Crippen LogP contribution in [0.25, 0.3) is 0 Å². The molecule has 27 heavy (non-hydrogen) atoms. The number of rotatable bonds is 4. The number of aromatic nitrogens is 2. The van der Waals surface area contributed by atoms with Crippen molar-refractivity contribution in [3.8, 4) is 0 Å². The average molecular weight is 376 g/mol. The molecule has 1 amide bonds. The summed E-state index contributed by atoms with van der Waals surface area (Å²) in [6, 6.07) is 2.12. The first-order valence-corrected chi connectivity index (χ1v) is 10.1. The fraction of sp³-hybridized carbons (Fsp3) is 0.750. The Labute approximate surface area is 161 Å². The third-order valence-corrected chi connectivity index (χ3v) is 6.41. The van der Waals surface area contributed by atoms with Crippen molar-refractivity contribution >= 4 is 5.91 Å². The molecule has 0 unspecified atom stereocenters. The van der Waals surface area contributed by atoms with E-state index in [1.807, 2.05) is 18.7 Å². The Morgan fingerprint density at radius 1 is 1.15 bits per heavy atom. The minimum atomic E-state index is -0.204. The van der Waals surface area contributed by atoms with E-state index in [4.69, 9.17) is 0 Å². The summed E-state index contributed by atoms with van der Waals surface area (Å²) in [6.07, 6.45) is 2.07. The highest BCUT2D eigenvalue weighted by atomic mass is 16.2. The van der Waals surface area contributed by atoms with Crippen molar-refractivity contribution in [1.29, 1.82) is 0 Å². The first-order chi connectivity index (χ1) is 12.8. The molecule has 1 aromatic rings. The number of amides is 1. The van der Waals surface area contributed by atoms with Crippen LogP contribution in [0.3, 0.4) is 0 Å². The second-order valence-corrected chi connectivity index (χ2v) is 8.21. The minimum absolute atomic E-state index is 0.00134. The third-order valence-electron chi connectivity index (χ3n) is 6.41. The van der Waals surface area contributed by atoms with Gasteiger partial charge in [0.1, 0.15) is 6.54 Å². The smallest absolute Gasteiger partial charge is 0.267 e. The fourth-order valence-electron chi connectivity index (χ4n) is 4.17. The predicted molar refractivity (Wildman–Crippen MR) is 106 cm³/mol. The summed E-state index contributed by atoms with van der Waals surface area (Å²) in [5, 5.41) is 4.26. The van der Waals surface area contributed by atoms with Gasteiger partial charge in [0.25, 0.3) is 5.56 Å². The van der Waals surface area contributed by atoms with Crippen molar-refractivity contribution in [3.63, 3.8) is 0 Å². The number of carbonyl (C=O) groups excluding carboxylic acids is 1. The van der Waals surface area contributed by atoms with E-state index in [0.29, 0.717) is 12.0 Å². The van der Waals surface area contributed by atoms with Gasteiger partial charge in [-0.1, -0.05) is 0 Å². The highest BCUT2D eigenvalue weighted by Gasteiger charge is 2.30. The molecule has 0 saturated carbocycles. The standard InChI is InChI=1S/C20H33N5O2/c1-15-13-19(26)25(21-16(15)2)14-20(27)24-7-5-18(6-8-24)17(3)23-11-9-22(4)10-12-23/h13,17-18H,5-12,14H2,1-4H3/t17-/m0/s1. The number of likely N-dealkylation sites (tertiary alicyclic amines) is 1. The van der Waals surface area contributed by atoms with Gasteiger partial charge in [0.15, 0.2) is 0 Å². The second-order valence-electron chi connectivity index (χ2n) is 8.21. The topological polar surface area (TPSA) is 61.7 Å². The molecule has 2 fully saturated rings. The Hall–Kier alpha value is -1.73. The van der Waals surface area contributed by atoms with Crippen LogP contribution in [0.15, 0.2) is 10.9 Å². The molecule has 2 aliphatic rings. The lowest BCUT2D eigenvalue weighted by Crippen LogP contribution is -2.52. The summed E-state index contributed by atoms with van der Waals surface area (Å²) in [4.78, 5) is 31.6. The van der Waals surface area contributed by atoms with Crippen LogP contribution in [-0.2, 0) is 11.3 Å². The summed E-state index contributed by atoms with van der Waals surface area (Å²) < 4.78 is 1.30. The van der Waals surface area contributed by atoms with Crippen molar-refractivity contribution in [2.45, 2.75) is 46.2 Å². The lowest BCUT2D eigenvalue weighted by molar-refractivity contribution is -0.133. The average Bonchev–Trinajstić information content (AvgIpc) is 2.66. The van der Waals surface area contributed by atoms with Crippen molar-refractivity contribution in [2.24, 2.45) is 5.92 Å². The minimum Gasteiger partial charge on any atom is -0.341 e. The van der Waals surface area contributed by atoms with Crippen molar-refractivity contribution < 1.29 is 4.79 Å². The number of hydrogen-bond donors (Lipinski definition) is 0. The maximum absolute atomic E-state index is 12.6. The Balaban J connectivity index is 1.52. The van der Waals surface area contributed by atoms with Gasteiger partial charge in [0, 0.05) is 51.4 Å². The van der Waals surface area contributed by atoms with E-state index in [9.17, 15) is 9.59 Å². The molecule has 150 valence electrons. The molecule has 3 rings (SSSR count). The van der Waals surface area contributed by atoms with Crippen LogP contribution in [0.1, 0.15) is 31.0 Å². The Bertz CT molecular complexity index is 716. The van der Waals surface area contributed by atoms with Gasteiger partial charge in [-0.2, -0.15) is 5.10 Å². The van der Waals surface area contributed by atoms with Crippen LogP contribution in [0.5, 0.6) is 0 Å². The van der Waals surface area contributed by atoms with Crippen LogP contribution in [0, 0.1) is 19.8 Å². The number of hydrogen-bond acceptors (Lipinski definition) is 5. The second kappa shape index (κ2) is 8.52. The summed E-state index contributed by atoms with van der Waals surface area (Å²) in [7, 11) is 2.18. The van der Waals surface area contributed by atoms with Gasteiger partial charge in [-0.05, 0) is 52.1 Å². The quantitative estimate of drug-likeness (QED) is 0.777. The molecule has 0 aliphatic carbocycles. The molecule has 1 aromatic heterocycles. The highest BCUT2D eigenvalue weighted by molar-refractivity contribution is 5.76. The zero-order chi connectivity index (χ0) is 19.6. The molecule has 0 radical (unpaired) electrons. The summed E-state index contributed by atoms with van der Waals surface area (Å²) in [5.74, 6) is 0.637. The maximum Gasteiger partial charge on any atom is 0.267 e. The largest absolute Gasteiger partial charge is 0.341 e. The van der Waals surface area contributed by atoms with E-state index < -0.39 is 0 Å². The van der Waals surface area contributed by atoms with Crippen LogP contribution in [0.2, 0.25) is 0 Å². The Morgan fingerprint density at radius 3 is 2.41 bits per heavy atom. The van der Waals surface area contributed by atoms with Gasteiger partial charge in [-0.15, -0.1) is 0 Å². The van der Waals surface area contributed by atoms with Crippen LogP contribution < -0.4 is 5.56 Å². The van der Waals surface area contributed by atoms with Gasteiger partial charge in [0.05, 0.1) is 5.69 Å². The lowest BCUT2D eigenvalue weighted by atomic mass is 9.89. The zero-order valence-electron chi connectivity index (χ0n) is 17.1. The molecule has 2 aliphatic heterocycles. The predicted octanol–water partition coefficient (Wildman–Crippen LogP) is 0.735. The van der Waals surface area contributed by atoms with E-state index in [1.165, 1.54) is 4.68 Å². The molecule has 2 saturated heterocycles. The van der Waals surface area contributed by atoms with Crippen LogP contribution >= 0.6 is 0 Å². The van der Waals surface area contributed by atoms with E-state index >= 15 is 0 Å². The number of nitrogens with zero attached hydrogens (tertiary/aromatic N) is 5. The van der Waals surface area contributed by atoms with E-state index in [0.717, 1.165) is 63.4 Å². The summed E-state index contributed by atoms with van der Waals surface area (Å²) >= 11 is 0. The molecule has 7 heteroatoms. The van der Waals surface area contributed by atoms with Gasteiger partial charge in [-0.3, -0.25) is 14.5 Å². The van der Waals surface area contributed by atoms with Crippen molar-refractivity contribution in [1.82, 2.24) is 24.5 Å². The number of piperazine rings is 1. The summed E-state index contributed by atoms with van der Waals surface area (Å²) in [5.41, 5.74) is 1.45. The number of carbonyl (C=O) groups is 1. The monoisotopic (exact) mass is 375 g/mol. The van der Waals surface area contributed by atoms with Crippen LogP contribution in [0.4, 0.5) is 0 Å². The SMILES string of the molecule is Cc1cc(=O)n(CC(=O)N2CCC([C@H](C)N3CCN(C)CC3)CC2)nc1C. The number of aryl methyl sites for hydroxylation is 2. The summed E-state index contributed by atoms with van der Waals surface area (Å²) in [6.45, 7) is 12.2. The molecule has 0 spiro atoms. The van der Waals surface area contributed by atoms with E-state index in [2.05, 4.69) is 28.9 Å². The van der Waals surface area contributed by atoms with Gasteiger partial charge >= 0.3 is 0 Å². The molecule has 0 bridgehead atoms. The van der Waals surface area contributed by atoms with Crippen LogP contribution in [-0.4, -0.2) is 82.7 Å². The van der Waals surface area contributed by atoms with E-state index in [-0.39, 0.29) is 18.0 Å². The first kappa shape index (κ1) is 20.0. The fourth-order valence-corrected chi connectivity index (χ4v) is 4.17. The Kier molecular flexibility index (Phi) is 6.32. The van der Waals surface area contributed by atoms with Crippen molar-refractivity contribution in [3.05, 3.63) is 27.7 Å². The lowest BCUT2D eigenvalue weighted by Gasteiger charge is -2.42. The Morgan fingerprint density at radius 2 is 1.78 bits per heavy atom. The molecule has 3 heterocycles. The van der Waals surface area contributed by atoms with Gasteiger partial charge < -0.3 is 9.80 Å². The number of likely N-dealkylation sites (N-methyl/N-ethyl adjacent to an activating group) is 1. The maximum atomic E-state index is 12.6. The van der Waals surface area contributed by atoms with Gasteiger partial charge in [-0.25, -0.2) is 4.68 Å². The van der Waals surface area contributed by atoms with Gasteiger partial charge in [0.2, 0.25) is 5.91 Å². The highest BCUT2D eigenvalue weighted by Crippen LogP contribution is 2.25. The normalized spacial score (nSPS) is 21.4. The molecule has 7 nitrogen and oxygen atoms in total. The zero-order valence-corrected chi connectivity index (χ0v) is 17.1. The first-order valence-electron chi connectivity index (χ1n) is 10.1. The molecular weight excluding hydrogens is 342 g/mol. The molecule has 1 atom stereocenters.